The van der Waals surface area contributed by atoms with Crippen molar-refractivity contribution in [2.24, 2.45) is 0 Å². The molecule has 6 heteroatoms. The van der Waals surface area contributed by atoms with Gasteiger partial charge in [-0.05, 0) is 61.1 Å². The Morgan fingerprint density at radius 1 is 0.767 bits per heavy atom. The topological polar surface area (TPSA) is 59.1 Å². The predicted molar refractivity (Wildman–Crippen MR) is 169 cm³/mol. The number of nitrogens with zero attached hydrogens (tertiary/aromatic N) is 2. The summed E-state index contributed by atoms with van der Waals surface area (Å²) < 4.78 is 11.1. The maximum atomic E-state index is 15.4. The summed E-state index contributed by atoms with van der Waals surface area (Å²) in [6, 6.07) is 28.0. The molecular formula is C37H44N2O4. The minimum Gasteiger partial charge on any atom is -0.497 e. The van der Waals surface area contributed by atoms with E-state index in [1.807, 2.05) is 77.7 Å². The van der Waals surface area contributed by atoms with E-state index in [2.05, 4.69) is 17.0 Å². The minimum atomic E-state index is -1.14. The number of carbonyl (C=O) groups excluding carboxylic acids is 2. The van der Waals surface area contributed by atoms with Gasteiger partial charge in [-0.1, -0.05) is 99.2 Å². The molecule has 3 aromatic carbocycles. The van der Waals surface area contributed by atoms with Crippen LogP contribution in [0.2, 0.25) is 0 Å². The number of ether oxygens (including phenoxy) is 2. The molecular weight excluding hydrogens is 536 g/mol. The third kappa shape index (κ3) is 5.24. The van der Waals surface area contributed by atoms with Crippen LogP contribution in [0.3, 0.4) is 0 Å². The lowest BCUT2D eigenvalue weighted by atomic mass is 9.61. The SMILES string of the molecule is COC(=O)C(c1ccccc1)C1(N(C2CCCCC2)C2CCCCC2)C(=O)N(c2ccc(OC)cc2)C1c1ccccc1. The molecule has 2 aliphatic carbocycles. The lowest BCUT2D eigenvalue weighted by Gasteiger charge is -2.66. The summed E-state index contributed by atoms with van der Waals surface area (Å²) in [5, 5.41) is 0. The molecule has 6 rings (SSSR count). The second kappa shape index (κ2) is 12.9. The van der Waals surface area contributed by atoms with Gasteiger partial charge in [-0.25, -0.2) is 0 Å². The molecule has 1 aliphatic heterocycles. The Morgan fingerprint density at radius 2 is 1.30 bits per heavy atom. The Bertz CT molecular complexity index is 1350. The molecule has 0 spiro atoms. The second-order valence-electron chi connectivity index (χ2n) is 12.4. The molecule has 0 N–H and O–H groups in total. The number of methoxy groups -OCH3 is 2. The summed E-state index contributed by atoms with van der Waals surface area (Å²) in [7, 11) is 3.11. The molecule has 3 aliphatic rings. The van der Waals surface area contributed by atoms with E-state index in [1.54, 1.807) is 7.11 Å². The summed E-state index contributed by atoms with van der Waals surface area (Å²) >= 11 is 0. The van der Waals surface area contributed by atoms with Gasteiger partial charge in [0.15, 0.2) is 0 Å². The largest absolute Gasteiger partial charge is 0.497 e. The van der Waals surface area contributed by atoms with Gasteiger partial charge < -0.3 is 14.4 Å². The lowest BCUT2D eigenvalue weighted by Crippen LogP contribution is -2.81. The zero-order valence-electron chi connectivity index (χ0n) is 25.5. The number of benzene rings is 3. The lowest BCUT2D eigenvalue weighted by molar-refractivity contribution is -0.169. The number of hydrogen-bond acceptors (Lipinski definition) is 5. The summed E-state index contributed by atoms with van der Waals surface area (Å²) in [5.41, 5.74) is 1.52. The molecule has 1 amide bonds. The average molecular weight is 581 g/mol. The van der Waals surface area contributed by atoms with E-state index in [9.17, 15) is 4.79 Å². The molecule has 0 bridgehead atoms. The monoisotopic (exact) mass is 580 g/mol. The minimum absolute atomic E-state index is 0.0260. The Labute approximate surface area is 256 Å². The highest BCUT2D eigenvalue weighted by Gasteiger charge is 2.72. The van der Waals surface area contributed by atoms with E-state index in [4.69, 9.17) is 9.47 Å². The molecule has 43 heavy (non-hydrogen) atoms. The predicted octanol–water partition coefficient (Wildman–Crippen LogP) is 7.45. The van der Waals surface area contributed by atoms with Crippen LogP contribution in [0.5, 0.6) is 5.75 Å². The number of β-lactam (4-membered cyclic amide) rings is 1. The van der Waals surface area contributed by atoms with Crippen molar-refractivity contribution in [2.75, 3.05) is 19.1 Å². The number of rotatable bonds is 9. The quantitative estimate of drug-likeness (QED) is 0.194. The van der Waals surface area contributed by atoms with Crippen molar-refractivity contribution < 1.29 is 19.1 Å². The van der Waals surface area contributed by atoms with E-state index in [-0.39, 0.29) is 30.0 Å². The van der Waals surface area contributed by atoms with E-state index in [0.29, 0.717) is 0 Å². The van der Waals surface area contributed by atoms with Crippen molar-refractivity contribution in [2.45, 2.75) is 93.8 Å². The van der Waals surface area contributed by atoms with E-state index < -0.39 is 11.5 Å². The number of hydrogen-bond donors (Lipinski definition) is 0. The van der Waals surface area contributed by atoms with Gasteiger partial charge in [0.2, 0.25) is 0 Å². The number of carbonyl (C=O) groups is 2. The van der Waals surface area contributed by atoms with Crippen LogP contribution >= 0.6 is 0 Å². The van der Waals surface area contributed by atoms with Gasteiger partial charge >= 0.3 is 5.97 Å². The molecule has 1 saturated heterocycles. The Hall–Kier alpha value is -3.64. The summed E-state index contributed by atoms with van der Waals surface area (Å²) in [6.45, 7) is 0. The van der Waals surface area contributed by atoms with Crippen LogP contribution in [0.15, 0.2) is 84.9 Å². The highest BCUT2D eigenvalue weighted by Crippen LogP contribution is 2.59. The zero-order valence-corrected chi connectivity index (χ0v) is 25.5. The molecule has 3 aromatic rings. The van der Waals surface area contributed by atoms with Crippen molar-refractivity contribution >= 4 is 17.6 Å². The molecule has 2 saturated carbocycles. The second-order valence-corrected chi connectivity index (χ2v) is 12.4. The first-order valence-corrected chi connectivity index (χ1v) is 16.0. The van der Waals surface area contributed by atoms with Gasteiger partial charge in [0.25, 0.3) is 5.91 Å². The van der Waals surface area contributed by atoms with Crippen LogP contribution in [-0.2, 0) is 14.3 Å². The number of amides is 1. The molecule has 0 aromatic heterocycles. The van der Waals surface area contributed by atoms with Gasteiger partial charge in [0.1, 0.15) is 17.2 Å². The van der Waals surface area contributed by atoms with Crippen LogP contribution in [0, 0.1) is 0 Å². The van der Waals surface area contributed by atoms with Gasteiger partial charge in [0.05, 0.1) is 20.3 Å². The van der Waals surface area contributed by atoms with Crippen LogP contribution in [-0.4, -0.2) is 48.6 Å². The highest BCUT2D eigenvalue weighted by molar-refractivity contribution is 6.13. The average Bonchev–Trinajstić information content (AvgIpc) is 3.08. The first-order valence-electron chi connectivity index (χ1n) is 16.0. The molecule has 0 radical (unpaired) electrons. The zero-order chi connectivity index (χ0) is 29.8. The standard InChI is InChI=1S/C37H44N2O4/c1-42-32-25-23-29(24-26-32)38-34(28-17-9-4-10-18-28)37(36(38)41,33(35(40)43-2)27-15-7-3-8-16-27)39(30-19-11-5-12-20-30)31-21-13-6-14-22-31/h3-4,7-10,15-18,23-26,30-31,33-34H,5-6,11-14,19-22H2,1-2H3. The van der Waals surface area contributed by atoms with Crippen LogP contribution in [0.25, 0.3) is 0 Å². The molecule has 1 heterocycles. The fraction of sp³-hybridized carbons (Fsp3) is 0.459. The summed E-state index contributed by atoms with van der Waals surface area (Å²) in [6.07, 6.45) is 11.2. The van der Waals surface area contributed by atoms with Crippen molar-refractivity contribution in [3.05, 3.63) is 96.1 Å². The first-order chi connectivity index (χ1) is 21.1. The van der Waals surface area contributed by atoms with Crippen molar-refractivity contribution in [1.82, 2.24) is 4.90 Å². The fourth-order valence-electron chi connectivity index (χ4n) is 8.24. The van der Waals surface area contributed by atoms with Gasteiger partial charge in [-0.3, -0.25) is 14.5 Å². The van der Waals surface area contributed by atoms with Crippen molar-refractivity contribution in [1.29, 1.82) is 0 Å². The van der Waals surface area contributed by atoms with Crippen LogP contribution in [0.1, 0.15) is 87.3 Å². The molecule has 226 valence electrons. The molecule has 3 fully saturated rings. The first kappa shape index (κ1) is 29.4. The molecule has 3 unspecified atom stereocenters. The third-order valence-electron chi connectivity index (χ3n) is 10.1. The smallest absolute Gasteiger partial charge is 0.315 e. The normalized spacial score (nSPS) is 23.9. The summed E-state index contributed by atoms with van der Waals surface area (Å²) in [4.78, 5) is 34.2. The Balaban J connectivity index is 1.62. The maximum Gasteiger partial charge on any atom is 0.315 e. The van der Waals surface area contributed by atoms with Crippen LogP contribution in [0.4, 0.5) is 5.69 Å². The summed E-state index contributed by atoms with van der Waals surface area (Å²) in [5.74, 6) is -0.426. The molecule has 3 atom stereocenters. The van der Waals surface area contributed by atoms with Crippen molar-refractivity contribution in [3.8, 4) is 5.75 Å². The number of anilines is 1. The van der Waals surface area contributed by atoms with E-state index in [0.717, 1.165) is 73.9 Å². The Morgan fingerprint density at radius 3 is 1.81 bits per heavy atom. The third-order valence-corrected chi connectivity index (χ3v) is 10.1. The Kier molecular flexibility index (Phi) is 8.85. The van der Waals surface area contributed by atoms with Gasteiger partial charge in [-0.15, -0.1) is 0 Å². The molecule has 6 nitrogen and oxygen atoms in total. The van der Waals surface area contributed by atoms with Crippen LogP contribution < -0.4 is 9.64 Å². The van der Waals surface area contributed by atoms with E-state index in [1.165, 1.54) is 20.0 Å². The number of esters is 1. The van der Waals surface area contributed by atoms with E-state index >= 15 is 4.79 Å². The van der Waals surface area contributed by atoms with Crippen molar-refractivity contribution in [3.63, 3.8) is 0 Å². The maximum absolute atomic E-state index is 15.4. The van der Waals surface area contributed by atoms with Gasteiger partial charge in [0, 0.05) is 17.8 Å². The highest BCUT2D eigenvalue weighted by atomic mass is 16.5. The van der Waals surface area contributed by atoms with Gasteiger partial charge in [-0.2, -0.15) is 0 Å². The fourth-order valence-corrected chi connectivity index (χ4v) is 8.24.